The van der Waals surface area contributed by atoms with Gasteiger partial charge in [-0.05, 0) is 17.5 Å². The van der Waals surface area contributed by atoms with Crippen LogP contribution in [0.5, 0.6) is 6.01 Å². The number of nitrogen functional groups attached to an aromatic ring is 1. The number of rotatable bonds is 11. The minimum atomic E-state index is -0.340. The first-order chi connectivity index (χ1) is 15.0. The number of Topliss-reactive ketones (excluding diaryl/α,β-unsaturated/α-hetero) is 1. The Morgan fingerprint density at radius 1 is 1.19 bits per heavy atom. The van der Waals surface area contributed by atoms with E-state index in [1.54, 1.807) is 7.11 Å². The fourth-order valence-electron chi connectivity index (χ4n) is 3.07. The number of carbonyl (C=O) groups is 1. The average Bonchev–Trinajstić information content (AvgIpc) is 3.08. The minimum absolute atomic E-state index is 0.0830. The van der Waals surface area contributed by atoms with Crippen LogP contribution in [0.4, 0.5) is 5.82 Å². The highest BCUT2D eigenvalue weighted by Crippen LogP contribution is 2.19. The van der Waals surface area contributed by atoms with E-state index < -0.39 is 0 Å². The largest absolute Gasteiger partial charge is 0.461 e. The van der Waals surface area contributed by atoms with Crippen LogP contribution in [-0.2, 0) is 22.5 Å². The topological polar surface area (TPSA) is 125 Å². The van der Waals surface area contributed by atoms with Gasteiger partial charge in [-0.25, -0.2) is 4.79 Å². The van der Waals surface area contributed by atoms with Gasteiger partial charge in [0, 0.05) is 26.4 Å². The summed E-state index contributed by atoms with van der Waals surface area (Å²) in [7, 11) is 1.56. The van der Waals surface area contributed by atoms with Gasteiger partial charge in [0.2, 0.25) is 0 Å². The maximum atomic E-state index is 12.5. The van der Waals surface area contributed by atoms with Gasteiger partial charge in [0.05, 0.1) is 13.2 Å². The maximum absolute atomic E-state index is 12.5. The number of anilines is 1. The lowest BCUT2D eigenvalue weighted by molar-refractivity contribution is -0.118. The molecule has 0 aliphatic heterocycles. The number of terminal acetylenes is 1. The Morgan fingerprint density at radius 2 is 1.94 bits per heavy atom. The van der Waals surface area contributed by atoms with Crippen molar-refractivity contribution in [3.05, 3.63) is 45.9 Å². The summed E-state index contributed by atoms with van der Waals surface area (Å²) in [6.45, 7) is 0.945. The van der Waals surface area contributed by atoms with Crippen LogP contribution in [-0.4, -0.2) is 45.6 Å². The Balaban J connectivity index is 1.73. The highest BCUT2D eigenvalue weighted by Gasteiger charge is 2.15. The number of aromatic nitrogens is 4. The van der Waals surface area contributed by atoms with E-state index in [0.29, 0.717) is 50.0 Å². The number of methoxy groups -OCH3 is 1. The van der Waals surface area contributed by atoms with Crippen LogP contribution in [0.1, 0.15) is 30.4 Å². The highest BCUT2D eigenvalue weighted by atomic mass is 16.5. The number of benzene rings is 1. The average molecular weight is 423 g/mol. The lowest BCUT2D eigenvalue weighted by Crippen LogP contribution is -2.18. The van der Waals surface area contributed by atoms with E-state index in [1.807, 2.05) is 24.3 Å². The number of fused-ring (bicyclic) bond motifs is 1. The number of hydrogen-bond acceptors (Lipinski definition) is 7. The fraction of sp³-hybridized carbons (Fsp3) is 0.364. The molecule has 9 heteroatoms. The number of H-pyrrole nitrogens is 1. The zero-order valence-corrected chi connectivity index (χ0v) is 17.4. The van der Waals surface area contributed by atoms with Crippen molar-refractivity contribution < 1.29 is 14.3 Å². The van der Waals surface area contributed by atoms with Crippen molar-refractivity contribution in [3.63, 3.8) is 0 Å². The monoisotopic (exact) mass is 423 g/mol. The van der Waals surface area contributed by atoms with Gasteiger partial charge < -0.3 is 20.2 Å². The van der Waals surface area contributed by atoms with Crippen molar-refractivity contribution in [1.29, 1.82) is 0 Å². The molecule has 162 valence electrons. The number of carbonyl (C=O) groups excluding carboxylic acids is 1. The summed E-state index contributed by atoms with van der Waals surface area (Å²) in [6.07, 6.45) is 7.20. The summed E-state index contributed by atoms with van der Waals surface area (Å²) in [5, 5.41) is 0. The van der Waals surface area contributed by atoms with Crippen LogP contribution in [0, 0.1) is 12.3 Å². The van der Waals surface area contributed by atoms with Crippen LogP contribution >= 0.6 is 0 Å². The van der Waals surface area contributed by atoms with Gasteiger partial charge in [-0.3, -0.25) is 9.36 Å². The third kappa shape index (κ3) is 5.71. The number of nitrogens with two attached hydrogens (primary N) is 1. The first kappa shape index (κ1) is 22.1. The molecule has 0 bridgehead atoms. The van der Waals surface area contributed by atoms with Crippen LogP contribution in [0.15, 0.2) is 29.1 Å². The Morgan fingerprint density at radius 3 is 2.65 bits per heavy atom. The summed E-state index contributed by atoms with van der Waals surface area (Å²) < 4.78 is 11.9. The molecule has 0 saturated heterocycles. The van der Waals surface area contributed by atoms with Crippen molar-refractivity contribution in [1.82, 2.24) is 19.5 Å². The summed E-state index contributed by atoms with van der Waals surface area (Å²) in [5.74, 6) is 2.78. The Labute approximate surface area is 179 Å². The van der Waals surface area contributed by atoms with Crippen molar-refractivity contribution >= 4 is 22.8 Å². The van der Waals surface area contributed by atoms with Crippen molar-refractivity contribution in [2.24, 2.45) is 0 Å². The highest BCUT2D eigenvalue weighted by molar-refractivity contribution is 5.82. The Bertz CT molecular complexity index is 1140. The van der Waals surface area contributed by atoms with Crippen molar-refractivity contribution in [2.45, 2.75) is 32.2 Å². The second-order valence-corrected chi connectivity index (χ2v) is 7.01. The van der Waals surface area contributed by atoms with Crippen LogP contribution in [0.25, 0.3) is 11.2 Å². The molecule has 0 aliphatic rings. The first-order valence-electron chi connectivity index (χ1n) is 9.92. The zero-order chi connectivity index (χ0) is 22.2. The normalized spacial score (nSPS) is 10.8. The van der Waals surface area contributed by atoms with Gasteiger partial charge in [-0.1, -0.05) is 24.3 Å². The minimum Gasteiger partial charge on any atom is -0.461 e. The maximum Gasteiger partial charge on any atom is 0.328 e. The molecule has 0 spiro atoms. The zero-order valence-electron chi connectivity index (χ0n) is 17.4. The summed E-state index contributed by atoms with van der Waals surface area (Å²) >= 11 is 0. The number of hydrogen-bond donors (Lipinski definition) is 2. The predicted octanol–water partition coefficient (Wildman–Crippen LogP) is 1.69. The Hall–Kier alpha value is -3.64. The molecule has 3 N–H and O–H groups in total. The summed E-state index contributed by atoms with van der Waals surface area (Å²) in [6, 6.07) is 7.83. The van der Waals surface area contributed by atoms with E-state index >= 15 is 0 Å². The number of nitrogens with zero attached hydrogens (tertiary/aromatic N) is 3. The van der Waals surface area contributed by atoms with Gasteiger partial charge >= 0.3 is 11.7 Å². The molecule has 0 amide bonds. The molecule has 0 fully saturated rings. The van der Waals surface area contributed by atoms with Gasteiger partial charge in [0.1, 0.15) is 17.9 Å². The third-order valence-electron chi connectivity index (χ3n) is 4.75. The predicted molar refractivity (Wildman–Crippen MR) is 117 cm³/mol. The lowest BCUT2D eigenvalue weighted by atomic mass is 10.0. The van der Waals surface area contributed by atoms with Crippen LogP contribution in [0.2, 0.25) is 0 Å². The second kappa shape index (κ2) is 10.4. The van der Waals surface area contributed by atoms with Crippen molar-refractivity contribution in [3.8, 4) is 18.4 Å². The number of imidazole rings is 1. The molecule has 9 nitrogen and oxygen atoms in total. The van der Waals surface area contributed by atoms with E-state index in [4.69, 9.17) is 21.6 Å². The lowest BCUT2D eigenvalue weighted by Gasteiger charge is -2.07. The van der Waals surface area contributed by atoms with Crippen molar-refractivity contribution in [2.75, 3.05) is 26.1 Å². The molecule has 31 heavy (non-hydrogen) atoms. The van der Waals surface area contributed by atoms with E-state index in [0.717, 1.165) is 11.1 Å². The van der Waals surface area contributed by atoms with Gasteiger partial charge in [0.15, 0.2) is 11.5 Å². The summed E-state index contributed by atoms with van der Waals surface area (Å²) in [5.41, 5.74) is 8.31. The van der Waals surface area contributed by atoms with Gasteiger partial charge in [0.25, 0.3) is 0 Å². The molecule has 0 saturated carbocycles. The molecule has 2 heterocycles. The Kier molecular flexibility index (Phi) is 7.40. The number of ketones is 1. The van der Waals surface area contributed by atoms with E-state index in [1.165, 1.54) is 4.57 Å². The molecule has 3 aromatic rings. The molecule has 3 rings (SSSR count). The number of aryl methyl sites for hydroxylation is 1. The number of aromatic amines is 1. The first-order valence-corrected chi connectivity index (χ1v) is 9.92. The smallest absolute Gasteiger partial charge is 0.328 e. The summed E-state index contributed by atoms with van der Waals surface area (Å²) in [4.78, 5) is 35.3. The van der Waals surface area contributed by atoms with Gasteiger partial charge in [-0.2, -0.15) is 9.97 Å². The second-order valence-electron chi connectivity index (χ2n) is 7.01. The molecule has 0 atom stereocenters. The SMILES string of the molecule is C#CCCC(=O)CCc1ccc(Cn2c(=O)[nH]c3c(N)nc(OCCOC)nc32)cc1. The van der Waals surface area contributed by atoms with E-state index in [2.05, 4.69) is 20.9 Å². The fourth-order valence-corrected chi connectivity index (χ4v) is 3.07. The molecule has 2 aromatic heterocycles. The van der Waals surface area contributed by atoms with E-state index in [9.17, 15) is 9.59 Å². The molecule has 0 radical (unpaired) electrons. The number of nitrogens with one attached hydrogen (secondary N) is 1. The van der Waals surface area contributed by atoms with Crippen LogP contribution < -0.4 is 16.2 Å². The number of ether oxygens (including phenoxy) is 2. The van der Waals surface area contributed by atoms with Gasteiger partial charge in [-0.15, -0.1) is 12.3 Å². The van der Waals surface area contributed by atoms with Crippen LogP contribution in [0.3, 0.4) is 0 Å². The standard InChI is InChI=1S/C22H25N5O4/c1-3-4-5-17(28)11-10-15-6-8-16(9-7-15)14-27-20-18(24-22(27)29)19(23)25-21(26-20)31-13-12-30-2/h1,6-9H,4-5,10-14H2,2H3,(H,24,29)(H2,23,25,26). The molecule has 1 aromatic carbocycles. The third-order valence-corrected chi connectivity index (χ3v) is 4.75. The molecular weight excluding hydrogens is 398 g/mol. The quantitative estimate of drug-likeness (QED) is 0.355. The molecule has 0 unspecified atom stereocenters. The molecule has 0 aliphatic carbocycles. The molecular formula is C22H25N5O4. The van der Waals surface area contributed by atoms with E-state index in [-0.39, 0.29) is 29.9 Å².